The lowest BCUT2D eigenvalue weighted by Gasteiger charge is -2.36. The maximum Gasteiger partial charge on any atom is 0.163 e. The summed E-state index contributed by atoms with van der Waals surface area (Å²) in [6.07, 6.45) is 0. The molecule has 5 nitrogen and oxygen atoms in total. The molecule has 2 rings (SSSR count). The van der Waals surface area contributed by atoms with Crippen molar-refractivity contribution in [2.75, 3.05) is 13.7 Å². The molecule has 1 aromatic carbocycles. The van der Waals surface area contributed by atoms with Gasteiger partial charge in [0.05, 0.1) is 13.2 Å². The van der Waals surface area contributed by atoms with E-state index in [9.17, 15) is 5.11 Å². The van der Waals surface area contributed by atoms with Crippen molar-refractivity contribution in [2.24, 2.45) is 12.5 Å². The first-order chi connectivity index (χ1) is 10.3. The second kappa shape index (κ2) is 6.58. The summed E-state index contributed by atoms with van der Waals surface area (Å²) in [5, 5.41) is 18.3. The summed E-state index contributed by atoms with van der Waals surface area (Å²) in [7, 11) is 4.00. The van der Waals surface area contributed by atoms with Crippen LogP contribution < -0.4 is 0 Å². The molecule has 2 aromatic rings. The van der Waals surface area contributed by atoms with E-state index in [-0.39, 0.29) is 18.1 Å². The fourth-order valence-corrected chi connectivity index (χ4v) is 2.75. The maximum atomic E-state index is 9.68. The minimum atomic E-state index is 0.00432. The van der Waals surface area contributed by atoms with E-state index in [0.717, 1.165) is 17.2 Å². The first-order valence-electron chi connectivity index (χ1n) is 7.59. The van der Waals surface area contributed by atoms with E-state index in [1.165, 1.54) is 0 Å². The zero-order valence-corrected chi connectivity index (χ0v) is 14.1. The lowest BCUT2D eigenvalue weighted by Crippen LogP contribution is -2.44. The third-order valence-corrected chi connectivity index (χ3v) is 4.09. The van der Waals surface area contributed by atoms with Crippen LogP contribution in [-0.4, -0.2) is 44.5 Å². The van der Waals surface area contributed by atoms with Gasteiger partial charge in [-0.05, 0) is 12.5 Å². The molecule has 5 heteroatoms. The Hall–Kier alpha value is -1.72. The van der Waals surface area contributed by atoms with Gasteiger partial charge in [-0.3, -0.25) is 4.90 Å². The Balaban J connectivity index is 2.20. The number of aromatic nitrogens is 3. The van der Waals surface area contributed by atoms with Crippen LogP contribution >= 0.6 is 0 Å². The van der Waals surface area contributed by atoms with Gasteiger partial charge in [-0.2, -0.15) is 0 Å². The molecule has 0 spiro atoms. The molecule has 1 aromatic heterocycles. The van der Waals surface area contributed by atoms with Crippen molar-refractivity contribution in [3.8, 4) is 11.4 Å². The van der Waals surface area contributed by atoms with Gasteiger partial charge >= 0.3 is 0 Å². The highest BCUT2D eigenvalue weighted by Gasteiger charge is 2.28. The molecule has 0 bridgehead atoms. The summed E-state index contributed by atoms with van der Waals surface area (Å²) in [6.45, 7) is 7.19. The van der Waals surface area contributed by atoms with Gasteiger partial charge in [0.25, 0.3) is 0 Å². The van der Waals surface area contributed by atoms with Crippen molar-refractivity contribution in [1.29, 1.82) is 0 Å². The van der Waals surface area contributed by atoms with Gasteiger partial charge in [-0.25, -0.2) is 0 Å². The topological polar surface area (TPSA) is 54.2 Å². The average Bonchev–Trinajstić information content (AvgIpc) is 2.80. The normalized spacial score (nSPS) is 13.6. The second-order valence-electron chi connectivity index (χ2n) is 6.84. The quantitative estimate of drug-likeness (QED) is 0.921. The van der Waals surface area contributed by atoms with Crippen molar-refractivity contribution in [3.05, 3.63) is 36.2 Å². The van der Waals surface area contributed by atoms with Crippen molar-refractivity contribution in [2.45, 2.75) is 33.4 Å². The van der Waals surface area contributed by atoms with E-state index in [4.69, 9.17) is 0 Å². The van der Waals surface area contributed by atoms with Gasteiger partial charge in [0, 0.05) is 18.7 Å². The number of likely N-dealkylation sites (N-methyl/N-ethyl adjacent to an activating group) is 1. The number of aliphatic hydroxyl groups is 1. The number of nitrogens with zero attached hydrogens (tertiary/aromatic N) is 4. The van der Waals surface area contributed by atoms with E-state index in [1.54, 1.807) is 0 Å². The minimum absolute atomic E-state index is 0.00432. The van der Waals surface area contributed by atoms with E-state index in [2.05, 4.69) is 35.9 Å². The molecule has 0 amide bonds. The van der Waals surface area contributed by atoms with Gasteiger partial charge in [-0.15, -0.1) is 10.2 Å². The van der Waals surface area contributed by atoms with Crippen LogP contribution in [0.5, 0.6) is 0 Å². The van der Waals surface area contributed by atoms with Crippen LogP contribution in [0.25, 0.3) is 11.4 Å². The van der Waals surface area contributed by atoms with E-state index >= 15 is 0 Å². The molecule has 0 aliphatic carbocycles. The molecular formula is C17H26N4O. The number of rotatable bonds is 5. The lowest BCUT2D eigenvalue weighted by molar-refractivity contribution is 0.0592. The van der Waals surface area contributed by atoms with Crippen LogP contribution in [0.3, 0.4) is 0 Å². The monoisotopic (exact) mass is 302 g/mol. The van der Waals surface area contributed by atoms with E-state index in [0.29, 0.717) is 6.54 Å². The predicted molar refractivity (Wildman–Crippen MR) is 88.2 cm³/mol. The van der Waals surface area contributed by atoms with Crippen LogP contribution in [0.15, 0.2) is 30.3 Å². The van der Waals surface area contributed by atoms with E-state index < -0.39 is 0 Å². The molecule has 22 heavy (non-hydrogen) atoms. The zero-order chi connectivity index (χ0) is 16.3. The molecule has 120 valence electrons. The second-order valence-corrected chi connectivity index (χ2v) is 6.84. The molecule has 0 aliphatic heterocycles. The SMILES string of the molecule is CN(Cc1nnc(-c2ccccc2)n1C)C(CO)C(C)(C)C. The van der Waals surface area contributed by atoms with Crippen molar-refractivity contribution >= 4 is 0 Å². The van der Waals surface area contributed by atoms with Crippen molar-refractivity contribution in [1.82, 2.24) is 19.7 Å². The minimum Gasteiger partial charge on any atom is -0.395 e. The number of benzene rings is 1. The van der Waals surface area contributed by atoms with Crippen LogP contribution in [0, 0.1) is 5.41 Å². The van der Waals surface area contributed by atoms with Gasteiger partial charge in [0.1, 0.15) is 5.82 Å². The third kappa shape index (κ3) is 3.54. The summed E-state index contributed by atoms with van der Waals surface area (Å²) in [4.78, 5) is 2.14. The summed E-state index contributed by atoms with van der Waals surface area (Å²) in [6, 6.07) is 10.1. The maximum absolute atomic E-state index is 9.68. The Kier molecular flexibility index (Phi) is 4.98. The lowest BCUT2D eigenvalue weighted by atomic mass is 9.86. The Morgan fingerprint density at radius 3 is 2.36 bits per heavy atom. The molecule has 1 unspecified atom stereocenters. The smallest absolute Gasteiger partial charge is 0.163 e. The highest BCUT2D eigenvalue weighted by molar-refractivity contribution is 5.54. The molecule has 1 atom stereocenters. The number of hydrogen-bond donors (Lipinski definition) is 1. The highest BCUT2D eigenvalue weighted by Crippen LogP contribution is 2.24. The molecule has 0 aliphatic rings. The molecular weight excluding hydrogens is 276 g/mol. The van der Waals surface area contributed by atoms with Crippen LogP contribution in [-0.2, 0) is 13.6 Å². The van der Waals surface area contributed by atoms with Gasteiger partial charge in [0.2, 0.25) is 0 Å². The first kappa shape index (κ1) is 16.6. The van der Waals surface area contributed by atoms with Gasteiger partial charge in [-0.1, -0.05) is 51.1 Å². The van der Waals surface area contributed by atoms with E-state index in [1.807, 2.05) is 49.0 Å². The summed E-state index contributed by atoms with van der Waals surface area (Å²) >= 11 is 0. The Morgan fingerprint density at radius 2 is 1.82 bits per heavy atom. The Labute approximate surface area is 132 Å². The largest absolute Gasteiger partial charge is 0.395 e. The molecule has 1 heterocycles. The Bertz CT molecular complexity index is 601. The third-order valence-electron chi connectivity index (χ3n) is 4.09. The molecule has 0 radical (unpaired) electrons. The van der Waals surface area contributed by atoms with Crippen LogP contribution in [0.4, 0.5) is 0 Å². The molecule has 0 fully saturated rings. The first-order valence-corrected chi connectivity index (χ1v) is 7.59. The molecule has 0 saturated heterocycles. The van der Waals surface area contributed by atoms with Crippen molar-refractivity contribution in [3.63, 3.8) is 0 Å². The number of aliphatic hydroxyl groups excluding tert-OH is 1. The fraction of sp³-hybridized carbons (Fsp3) is 0.529. The standard InChI is InChI=1S/C17H26N4O/c1-17(2,3)14(12-22)20(4)11-15-18-19-16(21(15)5)13-9-7-6-8-10-13/h6-10,14,22H,11-12H2,1-5H3. The van der Waals surface area contributed by atoms with Crippen LogP contribution in [0.2, 0.25) is 0 Å². The van der Waals surface area contributed by atoms with Gasteiger partial charge < -0.3 is 9.67 Å². The van der Waals surface area contributed by atoms with Gasteiger partial charge in [0.15, 0.2) is 5.82 Å². The Morgan fingerprint density at radius 1 is 1.18 bits per heavy atom. The number of hydrogen-bond acceptors (Lipinski definition) is 4. The van der Waals surface area contributed by atoms with Crippen molar-refractivity contribution < 1.29 is 5.11 Å². The predicted octanol–water partition coefficient (Wildman–Crippen LogP) is 2.32. The zero-order valence-electron chi connectivity index (χ0n) is 14.1. The summed E-state index contributed by atoms with van der Waals surface area (Å²) < 4.78 is 2.02. The summed E-state index contributed by atoms with van der Waals surface area (Å²) in [5.41, 5.74) is 1.06. The summed E-state index contributed by atoms with van der Waals surface area (Å²) in [5.74, 6) is 1.75. The highest BCUT2D eigenvalue weighted by atomic mass is 16.3. The fourth-order valence-electron chi connectivity index (χ4n) is 2.75. The average molecular weight is 302 g/mol. The van der Waals surface area contributed by atoms with Crippen LogP contribution in [0.1, 0.15) is 26.6 Å². The molecule has 1 N–H and O–H groups in total. The molecule has 0 saturated carbocycles.